The Morgan fingerprint density at radius 3 is 2.53 bits per heavy atom. The molecule has 0 atom stereocenters. The molecule has 1 aromatic rings. The molecule has 3 heteroatoms. The minimum atomic E-state index is 0.823. The van der Waals surface area contributed by atoms with Gasteiger partial charge in [-0.25, -0.2) is 0 Å². The number of piperidine rings is 1. The highest BCUT2D eigenvalue weighted by molar-refractivity contribution is 5.59. The first-order valence-corrected chi connectivity index (χ1v) is 7.26. The van der Waals surface area contributed by atoms with Gasteiger partial charge in [0.1, 0.15) is 0 Å². The predicted molar refractivity (Wildman–Crippen MR) is 84.2 cm³/mol. The summed E-state index contributed by atoms with van der Waals surface area (Å²) in [7, 11) is 6.38. The molecule has 1 aliphatic rings. The molecule has 106 valence electrons. The van der Waals surface area contributed by atoms with Crippen LogP contribution >= 0.6 is 0 Å². The van der Waals surface area contributed by atoms with Crippen LogP contribution in [0.4, 0.5) is 11.4 Å². The summed E-state index contributed by atoms with van der Waals surface area (Å²) in [5.41, 5.74) is 3.88. The topological polar surface area (TPSA) is 18.5 Å². The number of likely N-dealkylation sites (tertiary alicyclic amines) is 1. The minimum Gasteiger partial charge on any atom is -0.385 e. The molecule has 3 nitrogen and oxygen atoms in total. The molecule has 1 aliphatic heterocycles. The average molecular weight is 261 g/mol. The summed E-state index contributed by atoms with van der Waals surface area (Å²) in [6.45, 7) is 5.77. The van der Waals surface area contributed by atoms with Gasteiger partial charge in [-0.05, 0) is 69.6 Å². The van der Waals surface area contributed by atoms with E-state index in [2.05, 4.69) is 61.4 Å². The molecule has 2 rings (SSSR count). The van der Waals surface area contributed by atoms with Gasteiger partial charge >= 0.3 is 0 Å². The third kappa shape index (κ3) is 3.87. The standard InChI is InChI=1S/C16H27N3/c1-13-11-15(18(2)3)5-6-16(13)17-12-14-7-9-19(4)10-8-14/h5-6,11,14,17H,7-10,12H2,1-4H3. The number of hydrogen-bond acceptors (Lipinski definition) is 3. The van der Waals surface area contributed by atoms with Crippen LogP contribution in [0, 0.1) is 12.8 Å². The quantitative estimate of drug-likeness (QED) is 0.899. The SMILES string of the molecule is Cc1cc(N(C)C)ccc1NCC1CCN(C)CC1. The zero-order valence-corrected chi connectivity index (χ0v) is 12.7. The molecule has 1 N–H and O–H groups in total. The van der Waals surface area contributed by atoms with Gasteiger partial charge in [-0.15, -0.1) is 0 Å². The molecular weight excluding hydrogens is 234 g/mol. The van der Waals surface area contributed by atoms with Gasteiger partial charge in [0.15, 0.2) is 0 Å². The van der Waals surface area contributed by atoms with Crippen molar-refractivity contribution < 1.29 is 0 Å². The molecule has 0 saturated carbocycles. The summed E-state index contributed by atoms with van der Waals surface area (Å²) in [6.07, 6.45) is 2.64. The summed E-state index contributed by atoms with van der Waals surface area (Å²) in [4.78, 5) is 4.57. The minimum absolute atomic E-state index is 0.823. The van der Waals surface area contributed by atoms with Crippen LogP contribution in [-0.4, -0.2) is 45.7 Å². The first-order valence-electron chi connectivity index (χ1n) is 7.26. The van der Waals surface area contributed by atoms with Crippen molar-refractivity contribution in [2.24, 2.45) is 5.92 Å². The van der Waals surface area contributed by atoms with E-state index in [0.29, 0.717) is 0 Å². The third-order valence-corrected chi connectivity index (χ3v) is 4.15. The molecule has 0 aromatic heterocycles. The normalized spacial score (nSPS) is 17.5. The van der Waals surface area contributed by atoms with Crippen LogP contribution in [0.1, 0.15) is 18.4 Å². The van der Waals surface area contributed by atoms with Crippen LogP contribution < -0.4 is 10.2 Å². The number of anilines is 2. The number of benzene rings is 1. The lowest BCUT2D eigenvalue weighted by Gasteiger charge is -2.29. The number of hydrogen-bond donors (Lipinski definition) is 1. The van der Waals surface area contributed by atoms with Gasteiger partial charge in [-0.2, -0.15) is 0 Å². The summed E-state index contributed by atoms with van der Waals surface area (Å²) in [5.74, 6) is 0.823. The zero-order chi connectivity index (χ0) is 13.8. The van der Waals surface area contributed by atoms with Crippen molar-refractivity contribution in [2.45, 2.75) is 19.8 Å². The van der Waals surface area contributed by atoms with Gasteiger partial charge in [0, 0.05) is 32.0 Å². The molecule has 0 aliphatic carbocycles. The Labute approximate surface area is 117 Å². The second-order valence-corrected chi connectivity index (χ2v) is 6.02. The Kier molecular flexibility index (Phi) is 4.70. The molecule has 0 bridgehead atoms. The lowest BCUT2D eigenvalue weighted by molar-refractivity contribution is 0.226. The highest BCUT2D eigenvalue weighted by Gasteiger charge is 2.16. The summed E-state index contributed by atoms with van der Waals surface area (Å²) >= 11 is 0. The molecule has 19 heavy (non-hydrogen) atoms. The van der Waals surface area contributed by atoms with Crippen molar-refractivity contribution in [3.8, 4) is 0 Å². The monoisotopic (exact) mass is 261 g/mol. The van der Waals surface area contributed by atoms with Gasteiger partial charge in [0.25, 0.3) is 0 Å². The fourth-order valence-corrected chi connectivity index (χ4v) is 2.64. The van der Waals surface area contributed by atoms with Gasteiger partial charge in [-0.3, -0.25) is 0 Å². The molecule has 1 heterocycles. The van der Waals surface area contributed by atoms with Crippen molar-refractivity contribution in [1.29, 1.82) is 0 Å². The molecule has 0 amide bonds. The molecule has 1 fully saturated rings. The van der Waals surface area contributed by atoms with E-state index in [4.69, 9.17) is 0 Å². The number of aryl methyl sites for hydroxylation is 1. The van der Waals surface area contributed by atoms with Crippen LogP contribution in [0.3, 0.4) is 0 Å². The highest BCUT2D eigenvalue weighted by atomic mass is 15.1. The summed E-state index contributed by atoms with van der Waals surface area (Å²) in [5, 5.41) is 3.63. The molecular formula is C16H27N3. The zero-order valence-electron chi connectivity index (χ0n) is 12.7. The maximum absolute atomic E-state index is 3.63. The lowest BCUT2D eigenvalue weighted by atomic mass is 9.97. The van der Waals surface area contributed by atoms with Gasteiger partial charge in [0.05, 0.1) is 0 Å². The van der Waals surface area contributed by atoms with E-state index in [1.54, 1.807) is 0 Å². The Morgan fingerprint density at radius 1 is 1.26 bits per heavy atom. The average Bonchev–Trinajstić information content (AvgIpc) is 2.39. The van der Waals surface area contributed by atoms with E-state index in [0.717, 1.165) is 12.5 Å². The van der Waals surface area contributed by atoms with E-state index in [1.807, 2.05) is 0 Å². The van der Waals surface area contributed by atoms with Crippen molar-refractivity contribution >= 4 is 11.4 Å². The van der Waals surface area contributed by atoms with Crippen molar-refractivity contribution in [3.63, 3.8) is 0 Å². The van der Waals surface area contributed by atoms with Gasteiger partial charge in [0.2, 0.25) is 0 Å². The first-order chi connectivity index (χ1) is 9.06. The second-order valence-electron chi connectivity index (χ2n) is 6.02. The molecule has 1 saturated heterocycles. The molecule has 0 radical (unpaired) electrons. The Morgan fingerprint density at radius 2 is 1.95 bits per heavy atom. The summed E-state index contributed by atoms with van der Waals surface area (Å²) in [6, 6.07) is 6.64. The number of rotatable bonds is 4. The Hall–Kier alpha value is -1.22. The lowest BCUT2D eigenvalue weighted by Crippen LogP contribution is -2.33. The van der Waals surface area contributed by atoms with E-state index in [-0.39, 0.29) is 0 Å². The van der Waals surface area contributed by atoms with Gasteiger partial charge in [-0.1, -0.05) is 0 Å². The smallest absolute Gasteiger partial charge is 0.0371 e. The van der Waals surface area contributed by atoms with Gasteiger partial charge < -0.3 is 15.1 Å². The van der Waals surface area contributed by atoms with Crippen molar-refractivity contribution in [3.05, 3.63) is 23.8 Å². The molecule has 0 spiro atoms. The maximum Gasteiger partial charge on any atom is 0.0371 e. The van der Waals surface area contributed by atoms with E-state index in [1.165, 1.54) is 42.9 Å². The largest absolute Gasteiger partial charge is 0.385 e. The predicted octanol–water partition coefficient (Wildman–Crippen LogP) is 2.81. The maximum atomic E-state index is 3.63. The Balaban J connectivity index is 1.89. The van der Waals surface area contributed by atoms with Crippen LogP contribution in [-0.2, 0) is 0 Å². The van der Waals surface area contributed by atoms with Crippen molar-refractivity contribution in [1.82, 2.24) is 4.90 Å². The first kappa shape index (κ1) is 14.2. The fourth-order valence-electron chi connectivity index (χ4n) is 2.64. The number of nitrogens with zero attached hydrogens (tertiary/aromatic N) is 2. The fraction of sp³-hybridized carbons (Fsp3) is 0.625. The van der Waals surface area contributed by atoms with E-state index >= 15 is 0 Å². The van der Waals surface area contributed by atoms with Crippen molar-refractivity contribution in [2.75, 3.05) is 51.0 Å². The molecule has 0 unspecified atom stereocenters. The number of nitrogens with one attached hydrogen (secondary N) is 1. The van der Waals surface area contributed by atoms with Crippen LogP contribution in [0.15, 0.2) is 18.2 Å². The Bertz CT molecular complexity index is 406. The third-order valence-electron chi connectivity index (χ3n) is 4.15. The van der Waals surface area contributed by atoms with E-state index < -0.39 is 0 Å². The molecule has 1 aromatic carbocycles. The van der Waals surface area contributed by atoms with E-state index in [9.17, 15) is 0 Å². The second kappa shape index (κ2) is 6.29. The summed E-state index contributed by atoms with van der Waals surface area (Å²) < 4.78 is 0. The van der Waals surface area contributed by atoms with Crippen LogP contribution in [0.25, 0.3) is 0 Å². The van der Waals surface area contributed by atoms with Crippen LogP contribution in [0.2, 0.25) is 0 Å². The van der Waals surface area contributed by atoms with Crippen LogP contribution in [0.5, 0.6) is 0 Å². The highest BCUT2D eigenvalue weighted by Crippen LogP contribution is 2.23.